The van der Waals surface area contributed by atoms with Gasteiger partial charge in [-0.2, -0.15) is 5.26 Å². The van der Waals surface area contributed by atoms with Crippen molar-refractivity contribution in [2.45, 2.75) is 47.0 Å². The van der Waals surface area contributed by atoms with E-state index in [0.717, 1.165) is 12.8 Å². The number of rotatable bonds is 0. The van der Waals surface area contributed by atoms with Crippen LogP contribution in [0.5, 0.6) is 0 Å². The predicted octanol–water partition coefficient (Wildman–Crippen LogP) is 2.93. The average Bonchev–Trinajstić information content (AvgIpc) is 2.12. The standard InChI is InChI=1S/C13H19NO/c1-11(2)5-9-6-12(3,8-14)13(9,4)10(15)7-11/h9H,5-7H2,1-4H3/t9-,12-,13+/m0/s1. The molecule has 2 fully saturated rings. The van der Waals surface area contributed by atoms with Crippen LogP contribution in [0, 0.1) is 33.5 Å². The molecule has 0 aromatic heterocycles. The smallest absolute Gasteiger partial charge is 0.141 e. The van der Waals surface area contributed by atoms with Crippen molar-refractivity contribution in [2.24, 2.45) is 22.2 Å². The lowest BCUT2D eigenvalue weighted by molar-refractivity contribution is -0.171. The van der Waals surface area contributed by atoms with Gasteiger partial charge in [-0.15, -0.1) is 0 Å². The second-order valence-corrected chi connectivity index (χ2v) is 6.52. The van der Waals surface area contributed by atoms with E-state index < -0.39 is 5.41 Å². The molecule has 15 heavy (non-hydrogen) atoms. The number of nitrogens with zero attached hydrogens (tertiary/aromatic N) is 1. The van der Waals surface area contributed by atoms with Crippen molar-refractivity contribution >= 4 is 5.78 Å². The summed E-state index contributed by atoms with van der Waals surface area (Å²) in [7, 11) is 0. The van der Waals surface area contributed by atoms with E-state index in [4.69, 9.17) is 0 Å². The normalized spacial score (nSPS) is 47.7. The maximum Gasteiger partial charge on any atom is 0.141 e. The van der Waals surface area contributed by atoms with Crippen LogP contribution in [0.25, 0.3) is 0 Å². The molecule has 0 spiro atoms. The molecular weight excluding hydrogens is 186 g/mol. The fraction of sp³-hybridized carbons (Fsp3) is 0.846. The molecule has 0 aromatic rings. The van der Waals surface area contributed by atoms with Gasteiger partial charge < -0.3 is 0 Å². The molecule has 3 atom stereocenters. The topological polar surface area (TPSA) is 40.9 Å². The highest BCUT2D eigenvalue weighted by Crippen LogP contribution is 2.66. The van der Waals surface area contributed by atoms with Crippen molar-refractivity contribution in [1.82, 2.24) is 0 Å². The molecule has 0 bridgehead atoms. The number of ketones is 1. The van der Waals surface area contributed by atoms with E-state index in [1.54, 1.807) is 0 Å². The van der Waals surface area contributed by atoms with E-state index in [-0.39, 0.29) is 10.8 Å². The number of nitriles is 1. The van der Waals surface area contributed by atoms with Crippen LogP contribution < -0.4 is 0 Å². The summed E-state index contributed by atoms with van der Waals surface area (Å²) >= 11 is 0. The second kappa shape index (κ2) is 2.64. The van der Waals surface area contributed by atoms with Crippen LogP contribution in [0.4, 0.5) is 0 Å². The van der Waals surface area contributed by atoms with Gasteiger partial charge in [0, 0.05) is 11.8 Å². The minimum atomic E-state index is -0.411. The minimum absolute atomic E-state index is 0.137. The van der Waals surface area contributed by atoms with Gasteiger partial charge in [0.2, 0.25) is 0 Å². The molecule has 0 aromatic carbocycles. The van der Waals surface area contributed by atoms with Crippen LogP contribution in [0.15, 0.2) is 0 Å². The Morgan fingerprint density at radius 1 is 1.27 bits per heavy atom. The fourth-order valence-corrected chi connectivity index (χ4v) is 3.56. The maximum atomic E-state index is 12.2. The predicted molar refractivity (Wildman–Crippen MR) is 58.0 cm³/mol. The Bertz CT molecular complexity index is 365. The third-order valence-electron chi connectivity index (χ3n) is 4.88. The van der Waals surface area contributed by atoms with Crippen molar-refractivity contribution < 1.29 is 4.79 Å². The van der Waals surface area contributed by atoms with Crippen molar-refractivity contribution in [3.8, 4) is 6.07 Å². The van der Waals surface area contributed by atoms with Gasteiger partial charge in [0.1, 0.15) is 5.78 Å². The number of Topliss-reactive ketones (excluding diaryl/α,β-unsaturated/α-hetero) is 1. The largest absolute Gasteiger partial charge is 0.299 e. The molecule has 2 nitrogen and oxygen atoms in total. The van der Waals surface area contributed by atoms with Gasteiger partial charge in [-0.3, -0.25) is 4.79 Å². The number of fused-ring (bicyclic) bond motifs is 1. The Morgan fingerprint density at radius 3 is 2.33 bits per heavy atom. The quantitative estimate of drug-likeness (QED) is 0.610. The molecule has 0 N–H and O–H groups in total. The zero-order valence-electron chi connectivity index (χ0n) is 10.1. The minimum Gasteiger partial charge on any atom is -0.299 e. The molecule has 2 rings (SSSR count). The van der Waals surface area contributed by atoms with E-state index in [9.17, 15) is 10.1 Å². The Kier molecular flexibility index (Phi) is 1.88. The van der Waals surface area contributed by atoms with E-state index >= 15 is 0 Å². The van der Waals surface area contributed by atoms with Gasteiger partial charge in [0.25, 0.3) is 0 Å². The lowest BCUT2D eigenvalue weighted by Gasteiger charge is -2.62. The highest BCUT2D eigenvalue weighted by Gasteiger charge is 2.67. The Morgan fingerprint density at radius 2 is 1.87 bits per heavy atom. The van der Waals surface area contributed by atoms with Crippen LogP contribution in [0.2, 0.25) is 0 Å². The van der Waals surface area contributed by atoms with Crippen molar-refractivity contribution in [3.05, 3.63) is 0 Å². The Hall–Kier alpha value is -0.840. The first-order chi connectivity index (χ1) is 6.75. The molecule has 82 valence electrons. The summed E-state index contributed by atoms with van der Waals surface area (Å²) in [5, 5.41) is 9.20. The molecule has 2 saturated carbocycles. The third kappa shape index (κ3) is 1.13. The van der Waals surface area contributed by atoms with Crippen LogP contribution in [0.3, 0.4) is 0 Å². The molecule has 2 heteroatoms. The summed E-state index contributed by atoms with van der Waals surface area (Å²) < 4.78 is 0. The van der Waals surface area contributed by atoms with Gasteiger partial charge >= 0.3 is 0 Å². The second-order valence-electron chi connectivity index (χ2n) is 6.52. The number of carbonyl (C=O) groups is 1. The average molecular weight is 205 g/mol. The number of hydrogen-bond donors (Lipinski definition) is 0. The highest BCUT2D eigenvalue weighted by atomic mass is 16.1. The highest BCUT2D eigenvalue weighted by molar-refractivity contribution is 5.89. The number of hydrogen-bond acceptors (Lipinski definition) is 2. The summed E-state index contributed by atoms with van der Waals surface area (Å²) in [5.41, 5.74) is -0.638. The first-order valence-corrected chi connectivity index (χ1v) is 5.70. The zero-order chi connectivity index (χ0) is 11.5. The first kappa shape index (κ1) is 10.7. The van der Waals surface area contributed by atoms with Gasteiger partial charge in [0.15, 0.2) is 0 Å². The summed E-state index contributed by atoms with van der Waals surface area (Å²) in [4.78, 5) is 12.2. The molecule has 0 aliphatic heterocycles. The molecule has 0 heterocycles. The summed E-state index contributed by atoms with van der Waals surface area (Å²) in [5.74, 6) is 0.734. The van der Waals surface area contributed by atoms with Crippen molar-refractivity contribution in [3.63, 3.8) is 0 Å². The van der Waals surface area contributed by atoms with Crippen LogP contribution in [-0.4, -0.2) is 5.78 Å². The van der Waals surface area contributed by atoms with Crippen LogP contribution in [0.1, 0.15) is 47.0 Å². The van der Waals surface area contributed by atoms with E-state index in [2.05, 4.69) is 19.9 Å². The van der Waals surface area contributed by atoms with Crippen molar-refractivity contribution in [1.29, 1.82) is 5.26 Å². The van der Waals surface area contributed by atoms with Gasteiger partial charge in [-0.25, -0.2) is 0 Å². The van der Waals surface area contributed by atoms with E-state index in [0.29, 0.717) is 18.1 Å². The van der Waals surface area contributed by atoms with E-state index in [1.165, 1.54) is 0 Å². The molecule has 0 unspecified atom stereocenters. The molecule has 0 amide bonds. The molecule has 2 aliphatic rings. The van der Waals surface area contributed by atoms with Crippen LogP contribution >= 0.6 is 0 Å². The van der Waals surface area contributed by atoms with E-state index in [1.807, 2.05) is 13.8 Å². The lowest BCUT2D eigenvalue weighted by atomic mass is 9.39. The zero-order valence-corrected chi connectivity index (χ0v) is 10.1. The monoisotopic (exact) mass is 205 g/mol. The molecule has 0 saturated heterocycles. The van der Waals surface area contributed by atoms with Crippen molar-refractivity contribution in [2.75, 3.05) is 0 Å². The third-order valence-corrected chi connectivity index (χ3v) is 4.88. The lowest BCUT2D eigenvalue weighted by Crippen LogP contribution is -2.62. The van der Waals surface area contributed by atoms with Gasteiger partial charge in [0.05, 0.1) is 11.5 Å². The van der Waals surface area contributed by atoms with Gasteiger partial charge in [-0.05, 0) is 31.1 Å². The fourth-order valence-electron chi connectivity index (χ4n) is 3.56. The molecule has 2 aliphatic carbocycles. The molecular formula is C13H19NO. The van der Waals surface area contributed by atoms with Crippen LogP contribution in [-0.2, 0) is 4.79 Å². The SMILES string of the molecule is CC1(C)CC(=O)[C@@]2(C)[C@@H](C1)C[C@@]2(C)C#N. The summed E-state index contributed by atoms with van der Waals surface area (Å²) in [6.45, 7) is 8.26. The Labute approximate surface area is 91.7 Å². The Balaban J connectivity index is 2.34. The first-order valence-electron chi connectivity index (χ1n) is 5.70. The molecule has 0 radical (unpaired) electrons. The summed E-state index contributed by atoms with van der Waals surface area (Å²) in [6, 6.07) is 2.35. The number of carbonyl (C=O) groups excluding carboxylic acids is 1. The maximum absolute atomic E-state index is 12.2. The summed E-state index contributed by atoms with van der Waals surface area (Å²) in [6.07, 6.45) is 2.62. The van der Waals surface area contributed by atoms with Gasteiger partial charge in [-0.1, -0.05) is 20.8 Å².